The molecule has 1 aromatic heterocycles. The van der Waals surface area contributed by atoms with Crippen molar-refractivity contribution in [3.63, 3.8) is 0 Å². The van der Waals surface area contributed by atoms with Gasteiger partial charge in [-0.15, -0.1) is 0 Å². The van der Waals surface area contributed by atoms with Gasteiger partial charge in [0.05, 0.1) is 6.20 Å². The average Bonchev–Trinajstić information content (AvgIpc) is 2.07. The van der Waals surface area contributed by atoms with E-state index in [-0.39, 0.29) is 0 Å². The van der Waals surface area contributed by atoms with Crippen LogP contribution < -0.4 is 5.32 Å². The van der Waals surface area contributed by atoms with Crippen molar-refractivity contribution in [3.05, 3.63) is 24.0 Å². The van der Waals surface area contributed by atoms with Crippen LogP contribution in [-0.2, 0) is 11.2 Å². The average molecular weight is 151 g/mol. The minimum Gasteiger partial charge on any atom is -0.358 e. The van der Waals surface area contributed by atoms with E-state index < -0.39 is 0 Å². The SMILES string of the molecule is O=CNCCc1ccnnc1. The second-order valence-electron chi connectivity index (χ2n) is 2.07. The molecule has 0 aliphatic rings. The Morgan fingerprint density at radius 2 is 2.45 bits per heavy atom. The largest absolute Gasteiger partial charge is 0.358 e. The summed E-state index contributed by atoms with van der Waals surface area (Å²) < 4.78 is 0. The Labute approximate surface area is 64.6 Å². The monoisotopic (exact) mass is 151 g/mol. The number of aromatic nitrogens is 2. The summed E-state index contributed by atoms with van der Waals surface area (Å²) in [6.45, 7) is 0.648. The summed E-state index contributed by atoms with van der Waals surface area (Å²) in [6, 6.07) is 1.87. The predicted octanol–water partition coefficient (Wildman–Crippen LogP) is -0.235. The van der Waals surface area contributed by atoms with Crippen LogP contribution in [0.1, 0.15) is 5.56 Å². The van der Waals surface area contributed by atoms with Gasteiger partial charge in [0.2, 0.25) is 6.41 Å². The number of rotatable bonds is 4. The summed E-state index contributed by atoms with van der Waals surface area (Å²) in [5, 5.41) is 9.90. The number of amides is 1. The number of hydrogen-bond acceptors (Lipinski definition) is 3. The molecule has 0 saturated heterocycles. The number of nitrogens with zero attached hydrogens (tertiary/aromatic N) is 2. The highest BCUT2D eigenvalue weighted by Gasteiger charge is 1.89. The Hall–Kier alpha value is -1.45. The minimum atomic E-state index is 0.648. The third kappa shape index (κ3) is 2.75. The van der Waals surface area contributed by atoms with E-state index in [4.69, 9.17) is 0 Å². The van der Waals surface area contributed by atoms with Crippen LogP contribution in [0.3, 0.4) is 0 Å². The van der Waals surface area contributed by atoms with Crippen molar-refractivity contribution in [2.24, 2.45) is 0 Å². The Morgan fingerprint density at radius 3 is 3.09 bits per heavy atom. The fourth-order valence-electron chi connectivity index (χ4n) is 0.741. The normalized spacial score (nSPS) is 9.09. The zero-order valence-electron chi connectivity index (χ0n) is 6.03. The van der Waals surface area contributed by atoms with Crippen LogP contribution in [0.25, 0.3) is 0 Å². The Morgan fingerprint density at radius 1 is 1.55 bits per heavy atom. The van der Waals surface area contributed by atoms with E-state index >= 15 is 0 Å². The van der Waals surface area contributed by atoms with E-state index in [0.29, 0.717) is 13.0 Å². The number of carbonyl (C=O) groups excluding carboxylic acids is 1. The van der Waals surface area contributed by atoms with E-state index in [1.807, 2.05) is 6.07 Å². The van der Waals surface area contributed by atoms with E-state index in [2.05, 4.69) is 15.5 Å². The third-order valence-electron chi connectivity index (χ3n) is 1.29. The van der Waals surface area contributed by atoms with Crippen molar-refractivity contribution < 1.29 is 4.79 Å². The molecule has 0 radical (unpaired) electrons. The maximum atomic E-state index is 9.86. The summed E-state index contributed by atoms with van der Waals surface area (Å²) in [7, 11) is 0. The number of carbonyl (C=O) groups is 1. The van der Waals surface area contributed by atoms with Crippen LogP contribution in [0.4, 0.5) is 0 Å². The molecule has 4 nitrogen and oxygen atoms in total. The van der Waals surface area contributed by atoms with Crippen molar-refractivity contribution in [1.29, 1.82) is 0 Å². The van der Waals surface area contributed by atoms with Gasteiger partial charge < -0.3 is 5.32 Å². The van der Waals surface area contributed by atoms with Gasteiger partial charge in [0.15, 0.2) is 0 Å². The second kappa shape index (κ2) is 4.38. The lowest BCUT2D eigenvalue weighted by molar-refractivity contribution is -0.109. The topological polar surface area (TPSA) is 54.9 Å². The van der Waals surface area contributed by atoms with Gasteiger partial charge >= 0.3 is 0 Å². The van der Waals surface area contributed by atoms with Crippen molar-refractivity contribution in [3.8, 4) is 0 Å². The smallest absolute Gasteiger partial charge is 0.207 e. The molecule has 0 unspecified atom stereocenters. The first-order chi connectivity index (χ1) is 5.43. The molecule has 1 amide bonds. The van der Waals surface area contributed by atoms with Gasteiger partial charge in [-0.05, 0) is 18.1 Å². The van der Waals surface area contributed by atoms with Crippen LogP contribution >= 0.6 is 0 Å². The van der Waals surface area contributed by atoms with Crippen molar-refractivity contribution in [2.75, 3.05) is 6.54 Å². The molecule has 11 heavy (non-hydrogen) atoms. The summed E-state index contributed by atoms with van der Waals surface area (Å²) in [5.41, 5.74) is 1.08. The molecule has 1 aromatic rings. The fraction of sp³-hybridized carbons (Fsp3) is 0.286. The van der Waals surface area contributed by atoms with Crippen LogP contribution in [0, 0.1) is 0 Å². The van der Waals surface area contributed by atoms with E-state index in [9.17, 15) is 4.79 Å². The molecular formula is C7H9N3O. The zero-order valence-corrected chi connectivity index (χ0v) is 6.03. The van der Waals surface area contributed by atoms with E-state index in [1.54, 1.807) is 12.4 Å². The van der Waals surface area contributed by atoms with Gasteiger partial charge in [-0.25, -0.2) is 0 Å². The molecule has 0 saturated carbocycles. The first kappa shape index (κ1) is 7.65. The Kier molecular flexibility index (Phi) is 3.05. The highest BCUT2D eigenvalue weighted by atomic mass is 16.1. The zero-order chi connectivity index (χ0) is 7.94. The predicted molar refractivity (Wildman–Crippen MR) is 39.8 cm³/mol. The molecule has 0 spiro atoms. The van der Waals surface area contributed by atoms with Crippen molar-refractivity contribution in [2.45, 2.75) is 6.42 Å². The van der Waals surface area contributed by atoms with Gasteiger partial charge in [0.25, 0.3) is 0 Å². The second-order valence-corrected chi connectivity index (χ2v) is 2.07. The van der Waals surface area contributed by atoms with Crippen LogP contribution in [0.2, 0.25) is 0 Å². The molecule has 58 valence electrons. The van der Waals surface area contributed by atoms with Crippen LogP contribution in [0.15, 0.2) is 18.5 Å². The minimum absolute atomic E-state index is 0.648. The van der Waals surface area contributed by atoms with Crippen molar-refractivity contribution in [1.82, 2.24) is 15.5 Å². The van der Waals surface area contributed by atoms with Gasteiger partial charge in [0.1, 0.15) is 0 Å². The van der Waals surface area contributed by atoms with Crippen LogP contribution in [0.5, 0.6) is 0 Å². The van der Waals surface area contributed by atoms with Gasteiger partial charge in [-0.1, -0.05) is 0 Å². The Balaban J connectivity index is 2.33. The molecule has 0 aliphatic carbocycles. The van der Waals surface area contributed by atoms with E-state index in [0.717, 1.165) is 12.0 Å². The summed E-state index contributed by atoms with van der Waals surface area (Å²) >= 11 is 0. The lowest BCUT2D eigenvalue weighted by Gasteiger charge is -1.96. The summed E-state index contributed by atoms with van der Waals surface area (Å²) in [4.78, 5) is 9.86. The molecule has 1 rings (SSSR count). The maximum Gasteiger partial charge on any atom is 0.207 e. The van der Waals surface area contributed by atoms with Gasteiger partial charge in [-0.2, -0.15) is 10.2 Å². The number of hydrogen-bond donors (Lipinski definition) is 1. The highest BCUT2D eigenvalue weighted by Crippen LogP contribution is 1.92. The number of nitrogens with one attached hydrogen (secondary N) is 1. The Bertz CT molecular complexity index is 212. The van der Waals surface area contributed by atoms with Crippen molar-refractivity contribution >= 4 is 6.41 Å². The molecule has 1 heterocycles. The van der Waals surface area contributed by atoms with Gasteiger partial charge in [0, 0.05) is 12.7 Å². The highest BCUT2D eigenvalue weighted by molar-refractivity contribution is 5.45. The summed E-state index contributed by atoms with van der Waals surface area (Å²) in [5.74, 6) is 0. The molecule has 0 aromatic carbocycles. The maximum absolute atomic E-state index is 9.86. The molecule has 0 atom stereocenters. The third-order valence-corrected chi connectivity index (χ3v) is 1.29. The first-order valence-corrected chi connectivity index (χ1v) is 3.36. The van der Waals surface area contributed by atoms with E-state index in [1.165, 1.54) is 0 Å². The molecular weight excluding hydrogens is 142 g/mol. The lowest BCUT2D eigenvalue weighted by Crippen LogP contribution is -2.14. The molecule has 0 bridgehead atoms. The molecule has 1 N–H and O–H groups in total. The molecule has 0 aliphatic heterocycles. The molecule has 4 heteroatoms. The summed E-state index contributed by atoms with van der Waals surface area (Å²) in [6.07, 6.45) is 4.81. The van der Waals surface area contributed by atoms with Gasteiger partial charge in [-0.3, -0.25) is 4.79 Å². The quantitative estimate of drug-likeness (QED) is 0.477. The van der Waals surface area contributed by atoms with Crippen LogP contribution in [-0.4, -0.2) is 23.2 Å². The lowest BCUT2D eigenvalue weighted by atomic mass is 10.2. The first-order valence-electron chi connectivity index (χ1n) is 3.36. The standard InChI is InChI=1S/C7H9N3O/c11-6-8-3-1-7-2-4-9-10-5-7/h2,4-6H,1,3H2,(H,8,11). The molecule has 0 fully saturated rings. The fourth-order valence-corrected chi connectivity index (χ4v) is 0.741.